The largest absolute Gasteiger partial charge is 0.417 e. The third-order valence-electron chi connectivity index (χ3n) is 8.98. The van der Waals surface area contributed by atoms with E-state index in [4.69, 9.17) is 0 Å². The molecule has 5 aromatic carbocycles. The Balaban J connectivity index is 1.62. The summed E-state index contributed by atoms with van der Waals surface area (Å²) >= 11 is 1.23. The van der Waals surface area contributed by atoms with Crippen molar-refractivity contribution in [3.05, 3.63) is 104 Å². The van der Waals surface area contributed by atoms with Gasteiger partial charge in [-0.3, -0.25) is 0 Å². The van der Waals surface area contributed by atoms with Crippen LogP contribution < -0.4 is 10.6 Å². The van der Waals surface area contributed by atoms with E-state index < -0.39 is 69.2 Å². The number of benzene rings is 5. The molecule has 0 atom stereocenters. The summed E-state index contributed by atoms with van der Waals surface area (Å²) in [6, 6.07) is 13.7. The molecule has 5 aromatic rings. The number of nitrogens with one attached hydrogen (secondary N) is 2. The van der Waals surface area contributed by atoms with Crippen molar-refractivity contribution in [1.82, 2.24) is 0 Å². The normalized spacial score (nSPS) is 13.9. The number of alkyl halides is 12. The van der Waals surface area contributed by atoms with Crippen LogP contribution >= 0.6 is 23.5 Å². The second-order valence-electron chi connectivity index (χ2n) is 12.3. The van der Waals surface area contributed by atoms with Crippen LogP contribution in [-0.4, -0.2) is 0 Å². The summed E-state index contributed by atoms with van der Waals surface area (Å²) in [5.74, 6) is 0. The molecule has 2 aliphatic heterocycles. The zero-order valence-corrected chi connectivity index (χ0v) is 29.5. The van der Waals surface area contributed by atoms with Gasteiger partial charge in [-0.05, 0) is 69.4 Å². The maximum absolute atomic E-state index is 14.5. The van der Waals surface area contributed by atoms with Gasteiger partial charge in [0.05, 0.1) is 33.6 Å². The number of nitrogens with zero attached hydrogens (tertiary/aromatic N) is 4. The van der Waals surface area contributed by atoms with Crippen molar-refractivity contribution in [2.75, 3.05) is 10.6 Å². The molecule has 0 aliphatic carbocycles. The number of thioether (sulfide) groups is 2. The van der Waals surface area contributed by atoms with Crippen LogP contribution in [0.5, 0.6) is 0 Å². The van der Waals surface area contributed by atoms with Crippen LogP contribution in [0.2, 0.25) is 0 Å². The fourth-order valence-electron chi connectivity index (χ4n) is 6.55. The average molecular weight is 845 g/mol. The Labute approximate surface area is 325 Å². The second kappa shape index (κ2) is 13.6. The summed E-state index contributed by atoms with van der Waals surface area (Å²) in [5.41, 5.74) is -9.71. The summed E-state index contributed by atoms with van der Waals surface area (Å²) in [7, 11) is 0. The molecule has 58 heavy (non-hydrogen) atoms. The zero-order chi connectivity index (χ0) is 42.3. The molecule has 2 aliphatic rings. The van der Waals surface area contributed by atoms with Crippen molar-refractivity contribution >= 4 is 56.4 Å². The van der Waals surface area contributed by atoms with Crippen molar-refractivity contribution in [3.8, 4) is 46.5 Å². The van der Waals surface area contributed by atoms with Crippen molar-refractivity contribution in [2.45, 2.75) is 34.5 Å². The highest BCUT2D eigenvalue weighted by molar-refractivity contribution is 8.04. The van der Waals surface area contributed by atoms with Gasteiger partial charge in [0.15, 0.2) is 11.1 Å². The highest BCUT2D eigenvalue weighted by atomic mass is 32.2. The van der Waals surface area contributed by atoms with E-state index in [1.807, 2.05) is 0 Å². The maximum atomic E-state index is 14.5. The molecule has 0 amide bonds. The summed E-state index contributed by atoms with van der Waals surface area (Å²) < 4.78 is 169. The molecular formula is C38H12F12N6S2. The minimum atomic E-state index is -5.32. The lowest BCUT2D eigenvalue weighted by Gasteiger charge is -2.21. The molecule has 0 aromatic heterocycles. The minimum absolute atomic E-state index is 0.0616. The van der Waals surface area contributed by atoms with Gasteiger partial charge in [-0.2, -0.15) is 73.7 Å². The number of anilines is 2. The van der Waals surface area contributed by atoms with Gasteiger partial charge >= 0.3 is 24.7 Å². The standard InChI is InChI=1S/C38H12F12N6S2/c39-35(40,41)19-3-5-21(25(9-19)37(45,46)47)23-7-15-1-2-16-8-24(22-6-4-20(36(42,43)44)10-26(22)38(48,49)50)32-30(56-34(58-32)18(13-53)14-54)28(16)27(15)29-31(23)57-33(55-29)17(11-51)12-52/h1-10,55-56H. The quantitative estimate of drug-likeness (QED) is 0.102. The molecule has 7 rings (SSSR count). The van der Waals surface area contributed by atoms with E-state index in [1.54, 1.807) is 24.3 Å². The molecule has 2 N–H and O–H groups in total. The van der Waals surface area contributed by atoms with Crippen LogP contribution in [0, 0.1) is 45.3 Å². The molecule has 0 bridgehead atoms. The van der Waals surface area contributed by atoms with E-state index in [0.29, 0.717) is 47.8 Å². The van der Waals surface area contributed by atoms with Gasteiger partial charge in [0.1, 0.15) is 34.3 Å². The molecule has 6 nitrogen and oxygen atoms in total. The monoisotopic (exact) mass is 844 g/mol. The molecule has 0 saturated carbocycles. The SMILES string of the molecule is N#CC(C#N)=C1Nc2c(c(-c3ccc(C(F)(F)F)cc3C(F)(F)F)cc3ccc4cc(-c5ccc(C(F)(F)F)cc5C(F)(F)F)c5c(c4c23)NC(=C(C#N)C#N)S5)S1. The number of nitriles is 4. The van der Waals surface area contributed by atoms with Gasteiger partial charge in [0, 0.05) is 20.6 Å². The summed E-state index contributed by atoms with van der Waals surface area (Å²) in [5, 5.41) is 44.4. The van der Waals surface area contributed by atoms with Crippen LogP contribution in [-0.2, 0) is 24.7 Å². The molecular weight excluding hydrogens is 833 g/mol. The van der Waals surface area contributed by atoms with E-state index in [2.05, 4.69) is 10.6 Å². The summed E-state index contributed by atoms with van der Waals surface area (Å²) in [4.78, 5) is -0.196. The van der Waals surface area contributed by atoms with Crippen LogP contribution in [0.4, 0.5) is 64.1 Å². The van der Waals surface area contributed by atoms with Gasteiger partial charge in [-0.1, -0.05) is 47.8 Å². The van der Waals surface area contributed by atoms with Crippen molar-refractivity contribution in [3.63, 3.8) is 0 Å². The lowest BCUT2D eigenvalue weighted by atomic mass is 9.89. The Bertz CT molecular complexity index is 2670. The summed E-state index contributed by atoms with van der Waals surface area (Å²) in [6.07, 6.45) is -21.0. The second-order valence-corrected chi connectivity index (χ2v) is 14.4. The Kier molecular flexibility index (Phi) is 9.30. The Morgan fingerprint density at radius 2 is 0.793 bits per heavy atom. The van der Waals surface area contributed by atoms with Crippen LogP contribution in [0.25, 0.3) is 43.8 Å². The van der Waals surface area contributed by atoms with Crippen LogP contribution in [0.15, 0.2) is 91.7 Å². The Hall–Kier alpha value is -6.48. The molecule has 0 radical (unpaired) electrons. The highest BCUT2D eigenvalue weighted by Crippen LogP contribution is 2.58. The van der Waals surface area contributed by atoms with Crippen molar-refractivity contribution < 1.29 is 52.7 Å². The molecule has 2 heterocycles. The summed E-state index contributed by atoms with van der Waals surface area (Å²) in [6.45, 7) is 0. The number of hydrogen-bond acceptors (Lipinski definition) is 8. The molecule has 0 fully saturated rings. The first kappa shape index (κ1) is 39.7. The van der Waals surface area contributed by atoms with Crippen molar-refractivity contribution in [1.29, 1.82) is 21.0 Å². The van der Waals surface area contributed by atoms with Gasteiger partial charge in [-0.25, -0.2) is 0 Å². The third-order valence-corrected chi connectivity index (χ3v) is 11.3. The van der Waals surface area contributed by atoms with E-state index in [1.165, 1.54) is 24.3 Å². The molecule has 0 spiro atoms. The third kappa shape index (κ3) is 6.64. The van der Waals surface area contributed by atoms with E-state index in [0.717, 1.165) is 0 Å². The lowest BCUT2D eigenvalue weighted by Crippen LogP contribution is -2.12. The number of allylic oxidation sites excluding steroid dienone is 2. The first-order chi connectivity index (χ1) is 27.1. The number of rotatable bonds is 2. The van der Waals surface area contributed by atoms with Crippen LogP contribution in [0.3, 0.4) is 0 Å². The topological polar surface area (TPSA) is 119 Å². The van der Waals surface area contributed by atoms with E-state index in [9.17, 15) is 73.7 Å². The predicted molar refractivity (Wildman–Crippen MR) is 188 cm³/mol. The smallest absolute Gasteiger partial charge is 0.347 e. The molecule has 290 valence electrons. The fraction of sp³-hybridized carbons (Fsp3) is 0.105. The van der Waals surface area contributed by atoms with Gasteiger partial charge in [0.25, 0.3) is 0 Å². The van der Waals surface area contributed by atoms with Crippen molar-refractivity contribution in [2.24, 2.45) is 0 Å². The first-order valence-corrected chi connectivity index (χ1v) is 17.4. The molecule has 0 saturated heterocycles. The Morgan fingerprint density at radius 1 is 0.448 bits per heavy atom. The lowest BCUT2D eigenvalue weighted by molar-refractivity contribution is -0.144. The molecule has 0 unspecified atom stereocenters. The van der Waals surface area contributed by atoms with E-state index in [-0.39, 0.29) is 76.0 Å². The number of fused-ring (bicyclic) bond motifs is 7. The van der Waals surface area contributed by atoms with Crippen LogP contribution in [0.1, 0.15) is 22.3 Å². The minimum Gasteiger partial charge on any atom is -0.347 e. The first-order valence-electron chi connectivity index (χ1n) is 15.8. The number of hydrogen-bond donors (Lipinski definition) is 2. The van der Waals surface area contributed by atoms with Gasteiger partial charge in [0.2, 0.25) is 0 Å². The highest BCUT2D eigenvalue weighted by Gasteiger charge is 2.42. The number of halogens is 12. The van der Waals surface area contributed by atoms with Gasteiger partial charge in [-0.15, -0.1) is 0 Å². The fourth-order valence-corrected chi connectivity index (χ4v) is 8.71. The maximum Gasteiger partial charge on any atom is 0.417 e. The predicted octanol–water partition coefficient (Wildman–Crippen LogP) is 13.0. The Morgan fingerprint density at radius 3 is 1.09 bits per heavy atom. The average Bonchev–Trinajstić information content (AvgIpc) is 3.79. The molecule has 20 heteroatoms. The van der Waals surface area contributed by atoms with Gasteiger partial charge < -0.3 is 10.6 Å². The van der Waals surface area contributed by atoms with E-state index >= 15 is 0 Å². The zero-order valence-electron chi connectivity index (χ0n) is 27.9.